The number of hydrogen-bond acceptors (Lipinski definition) is 3. The van der Waals surface area contributed by atoms with Crippen LogP contribution in [0.5, 0.6) is 5.75 Å². The van der Waals surface area contributed by atoms with Crippen LogP contribution in [0.2, 0.25) is 0 Å². The molecule has 4 heteroatoms. The van der Waals surface area contributed by atoms with Crippen molar-refractivity contribution in [1.82, 2.24) is 10.2 Å². The fourth-order valence-electron chi connectivity index (χ4n) is 2.28. The summed E-state index contributed by atoms with van der Waals surface area (Å²) in [4.78, 5) is 13.8. The number of rotatable bonds is 5. The number of carbonyl (C=O) groups excluding carboxylic acids is 1. The highest BCUT2D eigenvalue weighted by Crippen LogP contribution is 2.19. The molecule has 1 aliphatic heterocycles. The van der Waals surface area contributed by atoms with Crippen LogP contribution in [0, 0.1) is 12.8 Å². The minimum Gasteiger partial charge on any atom is -0.496 e. The van der Waals surface area contributed by atoms with Crippen molar-refractivity contribution in [2.75, 3.05) is 33.8 Å². The lowest BCUT2D eigenvalue weighted by molar-refractivity contribution is -0.135. The van der Waals surface area contributed by atoms with E-state index in [0.29, 0.717) is 0 Å². The zero-order valence-electron chi connectivity index (χ0n) is 11.9. The number of methoxy groups -OCH3 is 1. The molecule has 19 heavy (non-hydrogen) atoms. The highest BCUT2D eigenvalue weighted by atomic mass is 16.5. The molecule has 0 atom stereocenters. The van der Waals surface area contributed by atoms with Gasteiger partial charge in [0, 0.05) is 26.7 Å². The van der Waals surface area contributed by atoms with E-state index in [0.717, 1.165) is 37.4 Å². The summed E-state index contributed by atoms with van der Waals surface area (Å²) < 4.78 is 5.25. The third kappa shape index (κ3) is 3.26. The Balaban J connectivity index is 1.87. The Morgan fingerprint density at radius 2 is 2.21 bits per heavy atom. The van der Waals surface area contributed by atoms with E-state index in [4.69, 9.17) is 4.74 Å². The van der Waals surface area contributed by atoms with Crippen molar-refractivity contribution in [2.45, 2.75) is 13.3 Å². The summed E-state index contributed by atoms with van der Waals surface area (Å²) in [6, 6.07) is 6.18. The van der Waals surface area contributed by atoms with Gasteiger partial charge in [-0.2, -0.15) is 0 Å². The van der Waals surface area contributed by atoms with Crippen LogP contribution in [0.15, 0.2) is 18.2 Å². The number of nitrogens with one attached hydrogen (secondary N) is 1. The molecule has 0 bridgehead atoms. The van der Waals surface area contributed by atoms with Gasteiger partial charge in [-0.25, -0.2) is 0 Å². The molecule has 0 aliphatic carbocycles. The molecule has 0 aromatic heterocycles. The minimum absolute atomic E-state index is 0.183. The van der Waals surface area contributed by atoms with Crippen LogP contribution in [0.4, 0.5) is 0 Å². The monoisotopic (exact) mass is 262 g/mol. The first-order valence-corrected chi connectivity index (χ1v) is 6.71. The predicted molar refractivity (Wildman–Crippen MR) is 75.4 cm³/mol. The first-order chi connectivity index (χ1) is 9.11. The molecule has 4 nitrogen and oxygen atoms in total. The zero-order valence-corrected chi connectivity index (χ0v) is 11.9. The predicted octanol–water partition coefficient (Wildman–Crippen LogP) is 1.22. The van der Waals surface area contributed by atoms with Gasteiger partial charge in [-0.1, -0.05) is 12.1 Å². The lowest BCUT2D eigenvalue weighted by Gasteiger charge is -2.30. The van der Waals surface area contributed by atoms with Crippen molar-refractivity contribution in [1.29, 1.82) is 0 Å². The Morgan fingerprint density at radius 3 is 2.74 bits per heavy atom. The van der Waals surface area contributed by atoms with Crippen molar-refractivity contribution >= 4 is 5.91 Å². The summed E-state index contributed by atoms with van der Waals surface area (Å²) in [5.41, 5.74) is 2.38. The lowest BCUT2D eigenvalue weighted by atomic mass is 10.0. The SMILES string of the molecule is COc1ccc(CCN(C)C(=O)C2CNC2)cc1C. The van der Waals surface area contributed by atoms with Crippen molar-refractivity contribution in [3.8, 4) is 5.75 Å². The summed E-state index contributed by atoms with van der Waals surface area (Å²) in [6.07, 6.45) is 0.882. The largest absolute Gasteiger partial charge is 0.496 e. The molecule has 0 spiro atoms. The maximum absolute atomic E-state index is 12.0. The fraction of sp³-hybridized carbons (Fsp3) is 0.533. The van der Waals surface area contributed by atoms with Gasteiger partial charge in [0.05, 0.1) is 13.0 Å². The Bertz CT molecular complexity index is 455. The number of hydrogen-bond donors (Lipinski definition) is 1. The highest BCUT2D eigenvalue weighted by molar-refractivity contribution is 5.79. The van der Waals surface area contributed by atoms with E-state index in [1.54, 1.807) is 7.11 Å². The number of ether oxygens (including phenoxy) is 1. The van der Waals surface area contributed by atoms with E-state index >= 15 is 0 Å². The third-order valence-electron chi connectivity index (χ3n) is 3.70. The average Bonchev–Trinajstić information content (AvgIpc) is 2.34. The molecule has 1 fully saturated rings. The number of carbonyl (C=O) groups is 1. The zero-order chi connectivity index (χ0) is 13.8. The van der Waals surface area contributed by atoms with Gasteiger partial charge in [-0.3, -0.25) is 4.79 Å². The second-order valence-corrected chi connectivity index (χ2v) is 5.17. The Hall–Kier alpha value is -1.55. The number of amides is 1. The van der Waals surface area contributed by atoms with Crippen molar-refractivity contribution in [3.05, 3.63) is 29.3 Å². The Morgan fingerprint density at radius 1 is 1.47 bits per heavy atom. The molecular formula is C15H22N2O2. The molecule has 0 saturated carbocycles. The van der Waals surface area contributed by atoms with E-state index < -0.39 is 0 Å². The molecule has 1 N–H and O–H groups in total. The Kier molecular flexibility index (Phi) is 4.43. The topological polar surface area (TPSA) is 41.6 Å². The van der Waals surface area contributed by atoms with E-state index in [1.807, 2.05) is 24.9 Å². The quantitative estimate of drug-likeness (QED) is 0.867. The second-order valence-electron chi connectivity index (χ2n) is 5.17. The van der Waals surface area contributed by atoms with Gasteiger partial charge in [-0.05, 0) is 30.5 Å². The molecule has 1 heterocycles. The van der Waals surface area contributed by atoms with Crippen LogP contribution in [0.3, 0.4) is 0 Å². The average molecular weight is 262 g/mol. The van der Waals surface area contributed by atoms with Crippen LogP contribution in [0.1, 0.15) is 11.1 Å². The molecule has 1 amide bonds. The van der Waals surface area contributed by atoms with Crippen molar-refractivity contribution < 1.29 is 9.53 Å². The van der Waals surface area contributed by atoms with Gasteiger partial charge in [0.1, 0.15) is 5.75 Å². The molecule has 2 rings (SSSR count). The molecule has 1 aliphatic rings. The summed E-state index contributed by atoms with van der Waals surface area (Å²) in [5, 5.41) is 3.13. The first kappa shape index (κ1) is 13.9. The molecule has 1 aromatic rings. The summed E-state index contributed by atoms with van der Waals surface area (Å²) >= 11 is 0. The third-order valence-corrected chi connectivity index (χ3v) is 3.70. The van der Waals surface area contributed by atoms with Crippen LogP contribution in [-0.4, -0.2) is 44.6 Å². The smallest absolute Gasteiger partial charge is 0.228 e. The first-order valence-electron chi connectivity index (χ1n) is 6.71. The maximum atomic E-state index is 12.0. The Labute approximate surface area is 114 Å². The van der Waals surface area contributed by atoms with Crippen LogP contribution in [-0.2, 0) is 11.2 Å². The molecule has 1 aromatic carbocycles. The molecule has 0 unspecified atom stereocenters. The van der Waals surface area contributed by atoms with Gasteiger partial charge in [0.15, 0.2) is 0 Å². The van der Waals surface area contributed by atoms with Crippen LogP contribution >= 0.6 is 0 Å². The van der Waals surface area contributed by atoms with Crippen LogP contribution in [0.25, 0.3) is 0 Å². The highest BCUT2D eigenvalue weighted by Gasteiger charge is 2.27. The maximum Gasteiger partial charge on any atom is 0.228 e. The fourth-order valence-corrected chi connectivity index (χ4v) is 2.28. The normalized spacial score (nSPS) is 14.9. The van der Waals surface area contributed by atoms with E-state index in [2.05, 4.69) is 17.4 Å². The lowest BCUT2D eigenvalue weighted by Crippen LogP contribution is -2.51. The van der Waals surface area contributed by atoms with Gasteiger partial charge < -0.3 is 15.0 Å². The van der Waals surface area contributed by atoms with Gasteiger partial charge >= 0.3 is 0 Å². The molecular weight excluding hydrogens is 240 g/mol. The number of benzene rings is 1. The molecule has 1 saturated heterocycles. The summed E-state index contributed by atoms with van der Waals surface area (Å²) in [6.45, 7) is 4.45. The second kappa shape index (κ2) is 6.06. The van der Waals surface area contributed by atoms with Crippen molar-refractivity contribution in [2.24, 2.45) is 5.92 Å². The number of aryl methyl sites for hydroxylation is 1. The van der Waals surface area contributed by atoms with E-state index in [-0.39, 0.29) is 11.8 Å². The van der Waals surface area contributed by atoms with E-state index in [9.17, 15) is 4.79 Å². The standard InChI is InChI=1S/C15H22N2O2/c1-11-8-12(4-5-14(11)19-3)6-7-17(2)15(18)13-9-16-10-13/h4-5,8,13,16H,6-7,9-10H2,1-3H3. The number of nitrogens with zero attached hydrogens (tertiary/aromatic N) is 1. The van der Waals surface area contributed by atoms with Gasteiger partial charge in [-0.15, -0.1) is 0 Å². The van der Waals surface area contributed by atoms with Gasteiger partial charge in [0.25, 0.3) is 0 Å². The number of likely N-dealkylation sites (N-methyl/N-ethyl adjacent to an activating group) is 1. The van der Waals surface area contributed by atoms with Crippen LogP contribution < -0.4 is 10.1 Å². The molecule has 0 radical (unpaired) electrons. The summed E-state index contributed by atoms with van der Waals surface area (Å²) in [7, 11) is 3.57. The van der Waals surface area contributed by atoms with Crippen molar-refractivity contribution in [3.63, 3.8) is 0 Å². The van der Waals surface area contributed by atoms with E-state index in [1.165, 1.54) is 5.56 Å². The minimum atomic E-state index is 0.183. The molecule has 104 valence electrons. The van der Waals surface area contributed by atoms with Gasteiger partial charge in [0.2, 0.25) is 5.91 Å². The summed E-state index contributed by atoms with van der Waals surface area (Å²) in [5.74, 6) is 1.35.